The number of nitrogens with zero attached hydrogens (tertiary/aromatic N) is 1. The van der Waals surface area contributed by atoms with E-state index >= 15 is 0 Å². The van der Waals surface area contributed by atoms with Crippen molar-refractivity contribution in [2.45, 2.75) is 0 Å². The summed E-state index contributed by atoms with van der Waals surface area (Å²) in [5, 5.41) is 3.11. The van der Waals surface area contributed by atoms with Crippen molar-refractivity contribution >= 4 is 23.2 Å². The van der Waals surface area contributed by atoms with Gasteiger partial charge in [-0.05, 0) is 24.3 Å². The molecule has 0 bridgehead atoms. The number of oxazole rings is 1. The van der Waals surface area contributed by atoms with Crippen LogP contribution in [0.25, 0.3) is 11.3 Å². The van der Waals surface area contributed by atoms with E-state index in [1.165, 1.54) is 26.7 Å². The number of amides is 1. The average Bonchev–Trinajstić information content (AvgIpc) is 3.15. The van der Waals surface area contributed by atoms with Crippen molar-refractivity contribution in [2.24, 2.45) is 0 Å². The van der Waals surface area contributed by atoms with Gasteiger partial charge in [0.1, 0.15) is 0 Å². The van der Waals surface area contributed by atoms with E-state index in [0.29, 0.717) is 33.5 Å². The first kappa shape index (κ1) is 16.9. The predicted molar refractivity (Wildman–Crippen MR) is 94.4 cm³/mol. The van der Waals surface area contributed by atoms with Crippen molar-refractivity contribution in [3.63, 3.8) is 0 Å². The van der Waals surface area contributed by atoms with Gasteiger partial charge in [0.2, 0.25) is 0 Å². The molecule has 0 atom stereocenters. The molecule has 0 saturated carbocycles. The number of rotatable bonds is 5. The first-order chi connectivity index (χ1) is 12.1. The van der Waals surface area contributed by atoms with Gasteiger partial charge in [0.15, 0.2) is 23.7 Å². The Labute approximate surface area is 149 Å². The Bertz CT molecular complexity index is 894. The van der Waals surface area contributed by atoms with Crippen LogP contribution >= 0.6 is 11.6 Å². The standard InChI is InChI=1S/C18H15ClN2O4/c1-23-15-8-12(7-14(19)17(15)24-2)18(22)21-13-5-3-4-11(6-13)16-9-20-10-25-16/h3-10H,1-2H3,(H,21,22). The predicted octanol–water partition coefficient (Wildman–Crippen LogP) is 4.26. The van der Waals surface area contributed by atoms with Gasteiger partial charge >= 0.3 is 0 Å². The number of halogens is 1. The van der Waals surface area contributed by atoms with Gasteiger partial charge < -0.3 is 19.2 Å². The van der Waals surface area contributed by atoms with Gasteiger partial charge in [0.05, 0.1) is 25.4 Å². The third-order valence-corrected chi connectivity index (χ3v) is 3.81. The summed E-state index contributed by atoms with van der Waals surface area (Å²) in [6, 6.07) is 10.3. The molecule has 0 unspecified atom stereocenters. The number of carbonyl (C=O) groups is 1. The van der Waals surface area contributed by atoms with E-state index in [-0.39, 0.29) is 5.91 Å². The Hall–Kier alpha value is -2.99. The van der Waals surface area contributed by atoms with Crippen LogP contribution in [0.4, 0.5) is 5.69 Å². The fourth-order valence-corrected chi connectivity index (χ4v) is 2.65. The molecule has 128 valence electrons. The molecule has 0 fully saturated rings. The smallest absolute Gasteiger partial charge is 0.255 e. The zero-order valence-corrected chi connectivity index (χ0v) is 14.3. The van der Waals surface area contributed by atoms with Crippen LogP contribution in [-0.2, 0) is 0 Å². The van der Waals surface area contributed by atoms with Gasteiger partial charge in [0.25, 0.3) is 5.91 Å². The summed E-state index contributed by atoms with van der Waals surface area (Å²) in [6.07, 6.45) is 2.96. The van der Waals surface area contributed by atoms with Gasteiger partial charge in [-0.15, -0.1) is 0 Å². The van der Waals surface area contributed by atoms with E-state index in [2.05, 4.69) is 10.3 Å². The van der Waals surface area contributed by atoms with E-state index in [1.807, 2.05) is 12.1 Å². The molecule has 25 heavy (non-hydrogen) atoms. The van der Waals surface area contributed by atoms with Gasteiger partial charge in [-0.3, -0.25) is 4.79 Å². The zero-order chi connectivity index (χ0) is 17.8. The molecule has 1 aromatic heterocycles. The highest BCUT2D eigenvalue weighted by Gasteiger charge is 2.15. The third kappa shape index (κ3) is 3.59. The lowest BCUT2D eigenvalue weighted by Crippen LogP contribution is -2.12. The highest BCUT2D eigenvalue weighted by atomic mass is 35.5. The van der Waals surface area contributed by atoms with Crippen LogP contribution in [0.5, 0.6) is 11.5 Å². The van der Waals surface area contributed by atoms with Crippen molar-refractivity contribution in [3.05, 3.63) is 59.6 Å². The Kier molecular flexibility index (Phi) is 4.90. The van der Waals surface area contributed by atoms with Crippen molar-refractivity contribution in [1.82, 2.24) is 4.98 Å². The van der Waals surface area contributed by atoms with Gasteiger partial charge in [-0.2, -0.15) is 0 Å². The summed E-state index contributed by atoms with van der Waals surface area (Å²) < 4.78 is 15.7. The molecular formula is C18H15ClN2O4. The third-order valence-electron chi connectivity index (χ3n) is 3.53. The quantitative estimate of drug-likeness (QED) is 0.737. The number of hydrogen-bond acceptors (Lipinski definition) is 5. The Morgan fingerprint density at radius 3 is 2.72 bits per heavy atom. The fourth-order valence-electron chi connectivity index (χ4n) is 2.36. The number of methoxy groups -OCH3 is 2. The minimum Gasteiger partial charge on any atom is -0.493 e. The van der Waals surface area contributed by atoms with Crippen LogP contribution in [0.15, 0.2) is 53.4 Å². The number of nitrogens with one attached hydrogen (secondary N) is 1. The molecule has 7 heteroatoms. The molecular weight excluding hydrogens is 344 g/mol. The maximum absolute atomic E-state index is 12.5. The molecule has 2 aromatic carbocycles. The van der Waals surface area contributed by atoms with Gasteiger partial charge in [-0.25, -0.2) is 4.98 Å². The monoisotopic (exact) mass is 358 g/mol. The Morgan fingerprint density at radius 1 is 1.20 bits per heavy atom. The summed E-state index contributed by atoms with van der Waals surface area (Å²) in [7, 11) is 2.97. The summed E-state index contributed by atoms with van der Waals surface area (Å²) in [5.41, 5.74) is 1.78. The van der Waals surface area contributed by atoms with Crippen LogP contribution in [0.3, 0.4) is 0 Å². The number of benzene rings is 2. The molecule has 3 aromatic rings. The van der Waals surface area contributed by atoms with E-state index in [0.717, 1.165) is 5.56 Å². The number of anilines is 1. The van der Waals surface area contributed by atoms with Crippen LogP contribution < -0.4 is 14.8 Å². The van der Waals surface area contributed by atoms with Crippen molar-refractivity contribution < 1.29 is 18.7 Å². The number of aromatic nitrogens is 1. The lowest BCUT2D eigenvalue weighted by molar-refractivity contribution is 0.102. The summed E-state index contributed by atoms with van der Waals surface area (Å²) >= 11 is 6.15. The largest absolute Gasteiger partial charge is 0.493 e. The molecule has 0 saturated heterocycles. The molecule has 0 aliphatic carbocycles. The van der Waals surface area contributed by atoms with Crippen LogP contribution in [0.1, 0.15) is 10.4 Å². The molecule has 1 amide bonds. The van der Waals surface area contributed by atoms with E-state index in [4.69, 9.17) is 25.5 Å². The van der Waals surface area contributed by atoms with Crippen molar-refractivity contribution in [3.8, 4) is 22.8 Å². The summed E-state index contributed by atoms with van der Waals surface area (Å²) in [6.45, 7) is 0. The first-order valence-electron chi connectivity index (χ1n) is 7.34. The maximum Gasteiger partial charge on any atom is 0.255 e. The molecule has 0 radical (unpaired) electrons. The van der Waals surface area contributed by atoms with Crippen LogP contribution in [0.2, 0.25) is 5.02 Å². The minimum atomic E-state index is -0.322. The van der Waals surface area contributed by atoms with E-state index in [9.17, 15) is 4.79 Å². The second kappa shape index (κ2) is 7.27. The SMILES string of the molecule is COc1cc(C(=O)Nc2cccc(-c3cnco3)c2)cc(Cl)c1OC. The molecule has 3 rings (SSSR count). The number of ether oxygens (including phenoxy) is 2. The van der Waals surface area contributed by atoms with Gasteiger partial charge in [-0.1, -0.05) is 23.7 Å². The summed E-state index contributed by atoms with van der Waals surface area (Å²) in [5.74, 6) is 1.06. The molecule has 1 heterocycles. The highest BCUT2D eigenvalue weighted by molar-refractivity contribution is 6.32. The zero-order valence-electron chi connectivity index (χ0n) is 13.6. The Balaban J connectivity index is 1.86. The highest BCUT2D eigenvalue weighted by Crippen LogP contribution is 2.36. The second-order valence-electron chi connectivity index (χ2n) is 5.09. The average molecular weight is 359 g/mol. The number of hydrogen-bond donors (Lipinski definition) is 1. The van der Waals surface area contributed by atoms with Crippen molar-refractivity contribution in [2.75, 3.05) is 19.5 Å². The Morgan fingerprint density at radius 2 is 2.04 bits per heavy atom. The fraction of sp³-hybridized carbons (Fsp3) is 0.111. The lowest BCUT2D eigenvalue weighted by atomic mass is 10.1. The van der Waals surface area contributed by atoms with Crippen molar-refractivity contribution in [1.29, 1.82) is 0 Å². The molecule has 0 spiro atoms. The first-order valence-corrected chi connectivity index (χ1v) is 7.72. The molecule has 0 aliphatic heterocycles. The second-order valence-corrected chi connectivity index (χ2v) is 5.50. The molecule has 1 N–H and O–H groups in total. The van der Waals surface area contributed by atoms with Crippen LogP contribution in [0, 0.1) is 0 Å². The maximum atomic E-state index is 12.5. The number of carbonyl (C=O) groups excluding carboxylic acids is 1. The minimum absolute atomic E-state index is 0.294. The summed E-state index contributed by atoms with van der Waals surface area (Å²) in [4.78, 5) is 16.4. The van der Waals surface area contributed by atoms with E-state index in [1.54, 1.807) is 24.4 Å². The lowest BCUT2D eigenvalue weighted by Gasteiger charge is -2.12. The normalized spacial score (nSPS) is 10.4. The topological polar surface area (TPSA) is 73.6 Å². The van der Waals surface area contributed by atoms with Crippen LogP contribution in [-0.4, -0.2) is 25.1 Å². The van der Waals surface area contributed by atoms with Gasteiger partial charge in [0, 0.05) is 16.8 Å². The van der Waals surface area contributed by atoms with E-state index < -0.39 is 0 Å². The molecule has 6 nitrogen and oxygen atoms in total. The molecule has 0 aliphatic rings.